The molecule has 1 heterocycles. The molecule has 0 aliphatic heterocycles. The lowest BCUT2D eigenvalue weighted by molar-refractivity contribution is -0.386. The van der Waals surface area contributed by atoms with Crippen molar-refractivity contribution in [2.45, 2.75) is 12.8 Å². The summed E-state index contributed by atoms with van der Waals surface area (Å²) < 4.78 is 42.7. The highest BCUT2D eigenvalue weighted by Crippen LogP contribution is 2.36. The van der Waals surface area contributed by atoms with Crippen molar-refractivity contribution in [1.82, 2.24) is 10.2 Å². The molecule has 0 aliphatic carbocycles. The number of hydrogen-bond acceptors (Lipinski definition) is 7. The zero-order valence-electron chi connectivity index (χ0n) is 10.1. The summed E-state index contributed by atoms with van der Waals surface area (Å²) in [5.41, 5.74) is 3.45. The van der Waals surface area contributed by atoms with Crippen LogP contribution in [0.4, 0.5) is 24.0 Å². The van der Waals surface area contributed by atoms with Gasteiger partial charge in [-0.2, -0.15) is 13.2 Å². The zero-order valence-corrected chi connectivity index (χ0v) is 10.9. The van der Waals surface area contributed by atoms with Crippen molar-refractivity contribution in [2.24, 2.45) is 0 Å². The second-order valence-electron chi connectivity index (χ2n) is 3.76. The minimum absolute atomic E-state index is 0.179. The Morgan fingerprint density at radius 3 is 2.62 bits per heavy atom. The van der Waals surface area contributed by atoms with Gasteiger partial charge < -0.3 is 10.5 Å². The van der Waals surface area contributed by atoms with Gasteiger partial charge in [-0.25, -0.2) is 0 Å². The number of halogens is 3. The molecule has 2 N–H and O–H groups in total. The molecular formula is C10H7F3N4O3S. The maximum atomic E-state index is 12.5. The average Bonchev–Trinajstić information content (AvgIpc) is 2.80. The Kier molecular flexibility index (Phi) is 3.93. The lowest BCUT2D eigenvalue weighted by atomic mass is 10.2. The van der Waals surface area contributed by atoms with Crippen molar-refractivity contribution in [3.05, 3.63) is 38.9 Å². The fourth-order valence-electron chi connectivity index (χ4n) is 1.42. The molecule has 0 saturated heterocycles. The zero-order chi connectivity index (χ0) is 15.6. The molecule has 2 aromatic rings. The number of nitro benzene ring substituents is 1. The van der Waals surface area contributed by atoms with Gasteiger partial charge in [0.05, 0.1) is 10.5 Å². The minimum Gasteiger partial charge on any atom is -0.479 e. The monoisotopic (exact) mass is 320 g/mol. The van der Waals surface area contributed by atoms with Crippen LogP contribution in [0.1, 0.15) is 10.6 Å². The molecule has 112 valence electrons. The Balaban J connectivity index is 2.24. The van der Waals surface area contributed by atoms with E-state index in [9.17, 15) is 23.3 Å². The molecule has 7 nitrogen and oxygen atoms in total. The molecule has 0 spiro atoms. The standard InChI is InChI=1S/C10H7F3N4O3S/c11-10(12,13)5-1-2-7(6(3-5)17(18)19)20-4-8-15-16-9(14)21-8/h1-3H,4H2,(H2,14,16). The van der Waals surface area contributed by atoms with Crippen LogP contribution in [-0.4, -0.2) is 15.1 Å². The van der Waals surface area contributed by atoms with Gasteiger partial charge in [0.1, 0.15) is 6.61 Å². The van der Waals surface area contributed by atoms with Gasteiger partial charge in [-0.1, -0.05) is 11.3 Å². The van der Waals surface area contributed by atoms with Gasteiger partial charge in [0, 0.05) is 6.07 Å². The van der Waals surface area contributed by atoms with Gasteiger partial charge in [0.2, 0.25) is 5.13 Å². The number of aromatic nitrogens is 2. The second kappa shape index (κ2) is 5.52. The third kappa shape index (κ3) is 3.56. The van der Waals surface area contributed by atoms with Crippen LogP contribution in [0, 0.1) is 10.1 Å². The number of nitrogen functional groups attached to an aromatic ring is 1. The smallest absolute Gasteiger partial charge is 0.416 e. The molecule has 0 atom stereocenters. The van der Waals surface area contributed by atoms with Gasteiger partial charge in [-0.3, -0.25) is 10.1 Å². The Morgan fingerprint density at radius 1 is 1.38 bits per heavy atom. The number of ether oxygens (including phenoxy) is 1. The molecule has 1 aromatic carbocycles. The first-order valence-corrected chi connectivity index (χ1v) is 6.15. The maximum Gasteiger partial charge on any atom is 0.416 e. The van der Waals surface area contributed by atoms with E-state index in [-0.39, 0.29) is 17.5 Å². The molecule has 0 unspecified atom stereocenters. The number of benzene rings is 1. The summed E-state index contributed by atoms with van der Waals surface area (Å²) >= 11 is 1.01. The van der Waals surface area contributed by atoms with Gasteiger partial charge in [-0.05, 0) is 12.1 Å². The van der Waals surface area contributed by atoms with Crippen LogP contribution in [0.3, 0.4) is 0 Å². The number of nitro groups is 1. The number of anilines is 1. The topological polar surface area (TPSA) is 104 Å². The number of nitrogens with two attached hydrogens (primary N) is 1. The largest absolute Gasteiger partial charge is 0.479 e. The number of hydrogen-bond donors (Lipinski definition) is 1. The maximum absolute atomic E-state index is 12.5. The Labute approximate surface area is 119 Å². The molecule has 0 fully saturated rings. The lowest BCUT2D eigenvalue weighted by Crippen LogP contribution is -2.06. The molecule has 1 aromatic heterocycles. The Bertz CT molecular complexity index is 674. The third-order valence-corrected chi connectivity index (χ3v) is 3.04. The lowest BCUT2D eigenvalue weighted by Gasteiger charge is -2.09. The molecule has 2 rings (SSSR count). The predicted molar refractivity (Wildman–Crippen MR) is 66.8 cm³/mol. The number of rotatable bonds is 4. The number of nitrogens with zero attached hydrogens (tertiary/aromatic N) is 3. The van der Waals surface area contributed by atoms with E-state index in [0.717, 1.165) is 17.4 Å². The van der Waals surface area contributed by atoms with Gasteiger partial charge in [-0.15, -0.1) is 10.2 Å². The molecule has 0 amide bonds. The molecule has 0 saturated carbocycles. The van der Waals surface area contributed by atoms with E-state index in [4.69, 9.17) is 10.5 Å². The van der Waals surface area contributed by atoms with Crippen LogP contribution in [0.15, 0.2) is 18.2 Å². The fraction of sp³-hybridized carbons (Fsp3) is 0.200. The summed E-state index contributed by atoms with van der Waals surface area (Å²) in [7, 11) is 0. The van der Waals surface area contributed by atoms with Crippen molar-refractivity contribution < 1.29 is 22.8 Å². The highest BCUT2D eigenvalue weighted by atomic mass is 32.1. The first-order chi connectivity index (χ1) is 9.77. The minimum atomic E-state index is -4.67. The summed E-state index contributed by atoms with van der Waals surface area (Å²) in [5, 5.41) is 18.5. The average molecular weight is 320 g/mol. The van der Waals surface area contributed by atoms with E-state index < -0.39 is 22.4 Å². The summed E-state index contributed by atoms with van der Waals surface area (Å²) in [4.78, 5) is 9.88. The van der Waals surface area contributed by atoms with E-state index >= 15 is 0 Å². The Hall–Kier alpha value is -2.43. The van der Waals surface area contributed by atoms with Gasteiger partial charge >= 0.3 is 11.9 Å². The first kappa shape index (κ1) is 15.0. The van der Waals surface area contributed by atoms with Crippen LogP contribution in [0.2, 0.25) is 0 Å². The molecule has 21 heavy (non-hydrogen) atoms. The summed E-state index contributed by atoms with van der Waals surface area (Å²) in [5.74, 6) is -0.290. The van der Waals surface area contributed by atoms with Crippen LogP contribution < -0.4 is 10.5 Å². The fourth-order valence-corrected chi connectivity index (χ4v) is 1.95. The number of alkyl halides is 3. The van der Waals surface area contributed by atoms with E-state index in [1.807, 2.05) is 0 Å². The molecule has 0 aliphatic rings. The van der Waals surface area contributed by atoms with Gasteiger partial charge in [0.25, 0.3) is 0 Å². The predicted octanol–water partition coefficient (Wildman–Crippen LogP) is 2.63. The van der Waals surface area contributed by atoms with Crippen LogP contribution in [-0.2, 0) is 12.8 Å². The molecular weight excluding hydrogens is 313 g/mol. The Morgan fingerprint density at radius 2 is 2.10 bits per heavy atom. The normalized spacial score (nSPS) is 11.4. The van der Waals surface area contributed by atoms with Gasteiger partial charge in [0.15, 0.2) is 10.8 Å². The van der Waals surface area contributed by atoms with Crippen molar-refractivity contribution in [3.8, 4) is 5.75 Å². The second-order valence-corrected chi connectivity index (χ2v) is 4.85. The van der Waals surface area contributed by atoms with E-state index in [0.29, 0.717) is 17.1 Å². The van der Waals surface area contributed by atoms with Crippen molar-refractivity contribution in [3.63, 3.8) is 0 Å². The highest BCUT2D eigenvalue weighted by Gasteiger charge is 2.33. The van der Waals surface area contributed by atoms with Crippen LogP contribution in [0.5, 0.6) is 5.75 Å². The molecule has 11 heteroatoms. The molecule has 0 bridgehead atoms. The first-order valence-electron chi connectivity index (χ1n) is 5.33. The van der Waals surface area contributed by atoms with E-state index in [1.165, 1.54) is 0 Å². The van der Waals surface area contributed by atoms with Crippen LogP contribution in [0.25, 0.3) is 0 Å². The summed E-state index contributed by atoms with van der Waals surface area (Å²) in [6.45, 7) is -0.179. The van der Waals surface area contributed by atoms with Crippen LogP contribution >= 0.6 is 11.3 Å². The quantitative estimate of drug-likeness (QED) is 0.686. The highest BCUT2D eigenvalue weighted by molar-refractivity contribution is 7.15. The summed E-state index contributed by atoms with van der Waals surface area (Å²) in [6.07, 6.45) is -4.67. The third-order valence-electron chi connectivity index (χ3n) is 2.32. The molecule has 0 radical (unpaired) electrons. The van der Waals surface area contributed by atoms with E-state index in [1.54, 1.807) is 0 Å². The van der Waals surface area contributed by atoms with Crippen molar-refractivity contribution in [2.75, 3.05) is 5.73 Å². The van der Waals surface area contributed by atoms with Crippen molar-refractivity contribution in [1.29, 1.82) is 0 Å². The van der Waals surface area contributed by atoms with Crippen molar-refractivity contribution >= 4 is 22.2 Å². The van der Waals surface area contributed by atoms with E-state index in [2.05, 4.69) is 10.2 Å². The SMILES string of the molecule is Nc1nnc(COc2ccc(C(F)(F)F)cc2[N+](=O)[O-])s1. The summed E-state index contributed by atoms with van der Waals surface area (Å²) in [6, 6.07) is 2.02.